The van der Waals surface area contributed by atoms with Crippen LogP contribution in [0.1, 0.15) is 47.0 Å². The first-order valence-corrected chi connectivity index (χ1v) is 7.36. The van der Waals surface area contributed by atoms with Crippen molar-refractivity contribution in [2.45, 2.75) is 47.0 Å². The second-order valence-electron chi connectivity index (χ2n) is 5.26. The van der Waals surface area contributed by atoms with Gasteiger partial charge in [-0.05, 0) is 44.2 Å². The van der Waals surface area contributed by atoms with Crippen molar-refractivity contribution in [2.75, 3.05) is 25.5 Å². The van der Waals surface area contributed by atoms with Crippen molar-refractivity contribution in [3.05, 3.63) is 0 Å². The van der Waals surface area contributed by atoms with Crippen LogP contribution in [0.4, 0.5) is 0 Å². The monoisotopic (exact) mass is 277 g/mol. The van der Waals surface area contributed by atoms with Gasteiger partial charge in [0, 0.05) is 11.9 Å². The quantitative estimate of drug-likeness (QED) is 0.602. The summed E-state index contributed by atoms with van der Waals surface area (Å²) in [6.45, 7) is 11.7. The molecule has 1 nitrogen and oxygen atoms in total. The standard InChI is InChI=1S/C13H28BrN/c1-6-13(7-2,10-14)11-15(5)9-8-12(3)4/h12H,6-11H2,1-5H3. The van der Waals surface area contributed by atoms with Crippen LogP contribution in [0.3, 0.4) is 0 Å². The number of rotatable bonds is 8. The Bertz CT molecular complexity index is 144. The zero-order valence-corrected chi connectivity index (χ0v) is 12.7. The summed E-state index contributed by atoms with van der Waals surface area (Å²) in [6.07, 6.45) is 3.84. The van der Waals surface area contributed by atoms with Crippen molar-refractivity contribution in [1.82, 2.24) is 4.90 Å². The van der Waals surface area contributed by atoms with Crippen molar-refractivity contribution in [1.29, 1.82) is 0 Å². The van der Waals surface area contributed by atoms with Crippen LogP contribution in [0.15, 0.2) is 0 Å². The summed E-state index contributed by atoms with van der Waals surface area (Å²) in [7, 11) is 2.26. The second kappa shape index (κ2) is 7.67. The highest BCUT2D eigenvalue weighted by molar-refractivity contribution is 9.09. The number of hydrogen-bond acceptors (Lipinski definition) is 1. The molecule has 0 fully saturated rings. The van der Waals surface area contributed by atoms with Crippen LogP contribution >= 0.6 is 15.9 Å². The summed E-state index contributed by atoms with van der Waals surface area (Å²) in [5.74, 6) is 0.814. The summed E-state index contributed by atoms with van der Waals surface area (Å²) >= 11 is 3.68. The molecule has 0 radical (unpaired) electrons. The van der Waals surface area contributed by atoms with Crippen LogP contribution in [-0.2, 0) is 0 Å². The fourth-order valence-corrected chi connectivity index (χ4v) is 2.81. The van der Waals surface area contributed by atoms with Gasteiger partial charge in [-0.15, -0.1) is 0 Å². The molecule has 0 rings (SSSR count). The lowest BCUT2D eigenvalue weighted by Gasteiger charge is -2.34. The fraction of sp³-hybridized carbons (Fsp3) is 1.00. The Labute approximate surface area is 105 Å². The minimum absolute atomic E-state index is 0.478. The molecule has 0 saturated carbocycles. The molecule has 0 amide bonds. The molecule has 0 bridgehead atoms. The average molecular weight is 278 g/mol. The maximum Gasteiger partial charge on any atom is 0.01000 e. The van der Waals surface area contributed by atoms with E-state index in [1.54, 1.807) is 0 Å². The molecule has 0 unspecified atom stereocenters. The Morgan fingerprint density at radius 2 is 1.73 bits per heavy atom. The van der Waals surface area contributed by atoms with E-state index < -0.39 is 0 Å². The molecular weight excluding hydrogens is 250 g/mol. The lowest BCUT2D eigenvalue weighted by Crippen LogP contribution is -2.37. The molecule has 0 atom stereocenters. The third-order valence-electron chi connectivity index (χ3n) is 3.48. The van der Waals surface area contributed by atoms with Gasteiger partial charge in [-0.2, -0.15) is 0 Å². The van der Waals surface area contributed by atoms with E-state index in [1.165, 1.54) is 32.4 Å². The predicted molar refractivity (Wildman–Crippen MR) is 73.8 cm³/mol. The molecule has 0 N–H and O–H groups in total. The lowest BCUT2D eigenvalue weighted by molar-refractivity contribution is 0.179. The first kappa shape index (κ1) is 15.4. The van der Waals surface area contributed by atoms with Crippen LogP contribution in [-0.4, -0.2) is 30.4 Å². The molecular formula is C13H28BrN. The van der Waals surface area contributed by atoms with Crippen LogP contribution in [0, 0.1) is 11.3 Å². The fourth-order valence-electron chi connectivity index (χ4n) is 1.84. The first-order chi connectivity index (χ1) is 6.99. The van der Waals surface area contributed by atoms with Crippen molar-refractivity contribution in [3.8, 4) is 0 Å². The molecule has 0 heterocycles. The molecule has 0 aromatic rings. The Kier molecular flexibility index (Phi) is 7.90. The SMILES string of the molecule is CCC(CC)(CBr)CN(C)CCC(C)C. The Morgan fingerprint density at radius 3 is 2.07 bits per heavy atom. The van der Waals surface area contributed by atoms with E-state index >= 15 is 0 Å². The molecule has 2 heteroatoms. The average Bonchev–Trinajstić information content (AvgIpc) is 2.23. The van der Waals surface area contributed by atoms with E-state index in [2.05, 4.69) is 55.6 Å². The van der Waals surface area contributed by atoms with E-state index in [-0.39, 0.29) is 0 Å². The molecule has 0 aromatic heterocycles. The Balaban J connectivity index is 4.05. The highest BCUT2D eigenvalue weighted by Crippen LogP contribution is 2.29. The third kappa shape index (κ3) is 5.91. The summed E-state index contributed by atoms with van der Waals surface area (Å²) in [5, 5.41) is 1.12. The van der Waals surface area contributed by atoms with E-state index in [9.17, 15) is 0 Å². The smallest absolute Gasteiger partial charge is 0.01000 e. The molecule has 0 aliphatic rings. The van der Waals surface area contributed by atoms with Crippen molar-refractivity contribution >= 4 is 15.9 Å². The molecule has 0 spiro atoms. The van der Waals surface area contributed by atoms with Crippen molar-refractivity contribution in [2.24, 2.45) is 11.3 Å². The normalized spacial score (nSPS) is 12.8. The van der Waals surface area contributed by atoms with Crippen LogP contribution in [0.2, 0.25) is 0 Å². The molecule has 92 valence electrons. The van der Waals surface area contributed by atoms with E-state index in [1.807, 2.05) is 0 Å². The molecule has 0 aliphatic heterocycles. The van der Waals surface area contributed by atoms with Gasteiger partial charge in [-0.1, -0.05) is 43.6 Å². The highest BCUT2D eigenvalue weighted by atomic mass is 79.9. The zero-order chi connectivity index (χ0) is 11.9. The third-order valence-corrected chi connectivity index (χ3v) is 4.67. The zero-order valence-electron chi connectivity index (χ0n) is 11.1. The van der Waals surface area contributed by atoms with Crippen LogP contribution in [0.5, 0.6) is 0 Å². The van der Waals surface area contributed by atoms with Gasteiger partial charge < -0.3 is 4.90 Å². The van der Waals surface area contributed by atoms with Gasteiger partial charge in [0.25, 0.3) is 0 Å². The van der Waals surface area contributed by atoms with Crippen LogP contribution in [0.25, 0.3) is 0 Å². The van der Waals surface area contributed by atoms with Crippen molar-refractivity contribution in [3.63, 3.8) is 0 Å². The largest absolute Gasteiger partial charge is 0.306 e. The van der Waals surface area contributed by atoms with E-state index in [4.69, 9.17) is 0 Å². The van der Waals surface area contributed by atoms with Gasteiger partial charge >= 0.3 is 0 Å². The van der Waals surface area contributed by atoms with Gasteiger partial charge in [0.1, 0.15) is 0 Å². The van der Waals surface area contributed by atoms with Gasteiger partial charge in [-0.25, -0.2) is 0 Å². The lowest BCUT2D eigenvalue weighted by atomic mass is 9.84. The number of halogens is 1. The van der Waals surface area contributed by atoms with Gasteiger partial charge in [0.15, 0.2) is 0 Å². The van der Waals surface area contributed by atoms with Crippen LogP contribution < -0.4 is 0 Å². The molecule has 0 aliphatic carbocycles. The molecule has 15 heavy (non-hydrogen) atoms. The highest BCUT2D eigenvalue weighted by Gasteiger charge is 2.26. The summed E-state index contributed by atoms with van der Waals surface area (Å²) in [6, 6.07) is 0. The Morgan fingerprint density at radius 1 is 1.20 bits per heavy atom. The minimum Gasteiger partial charge on any atom is -0.306 e. The van der Waals surface area contributed by atoms with E-state index in [0.717, 1.165) is 11.2 Å². The number of nitrogens with zero attached hydrogens (tertiary/aromatic N) is 1. The summed E-state index contributed by atoms with van der Waals surface area (Å²) < 4.78 is 0. The maximum absolute atomic E-state index is 3.68. The minimum atomic E-state index is 0.478. The predicted octanol–water partition coefficient (Wildman–Crippen LogP) is 4.17. The number of hydrogen-bond donors (Lipinski definition) is 0. The Hall–Kier alpha value is 0.440. The number of alkyl halides is 1. The maximum atomic E-state index is 3.68. The summed E-state index contributed by atoms with van der Waals surface area (Å²) in [4.78, 5) is 2.49. The molecule has 0 aromatic carbocycles. The summed E-state index contributed by atoms with van der Waals surface area (Å²) in [5.41, 5.74) is 0.478. The van der Waals surface area contributed by atoms with Gasteiger partial charge in [-0.3, -0.25) is 0 Å². The van der Waals surface area contributed by atoms with Crippen molar-refractivity contribution < 1.29 is 0 Å². The second-order valence-corrected chi connectivity index (χ2v) is 5.82. The first-order valence-electron chi connectivity index (χ1n) is 6.24. The molecule has 0 saturated heterocycles. The van der Waals surface area contributed by atoms with Gasteiger partial charge in [0.05, 0.1) is 0 Å². The van der Waals surface area contributed by atoms with Gasteiger partial charge in [0.2, 0.25) is 0 Å². The van der Waals surface area contributed by atoms with E-state index in [0.29, 0.717) is 5.41 Å². The topological polar surface area (TPSA) is 3.24 Å².